The Morgan fingerprint density at radius 2 is 1.21 bits per heavy atom. The Morgan fingerprint density at radius 1 is 0.786 bits per heavy atom. The molecule has 14 heavy (non-hydrogen) atoms. The minimum absolute atomic E-state index is 0.00282. The average Bonchev–Trinajstić information content (AvgIpc) is 2.26. The van der Waals surface area contributed by atoms with Crippen molar-refractivity contribution in [3.8, 4) is 24.3 Å². The van der Waals surface area contributed by atoms with Crippen LogP contribution in [-0.4, -0.2) is 4.98 Å². The molecule has 5 heteroatoms. The zero-order valence-electron chi connectivity index (χ0n) is 6.81. The maximum absolute atomic E-state index is 8.60. The molecule has 0 aliphatic heterocycles. The third-order valence-corrected chi connectivity index (χ3v) is 1.48. The first kappa shape index (κ1) is 9.20. The molecule has 0 atom stereocenters. The molecule has 0 unspecified atom stereocenters. The van der Waals surface area contributed by atoms with Gasteiger partial charge in [0.25, 0.3) is 0 Å². The summed E-state index contributed by atoms with van der Waals surface area (Å²) in [6.45, 7) is 0. The summed E-state index contributed by atoms with van der Waals surface area (Å²) in [6, 6.07) is 8.00. The largest absolute Gasteiger partial charge is 0.224 e. The van der Waals surface area contributed by atoms with E-state index in [4.69, 9.17) is 21.0 Å². The van der Waals surface area contributed by atoms with E-state index in [0.29, 0.717) is 0 Å². The second-order valence-corrected chi connectivity index (χ2v) is 2.23. The molecule has 0 saturated heterocycles. The molecule has 0 fully saturated rings. The van der Waals surface area contributed by atoms with Crippen LogP contribution >= 0.6 is 0 Å². The van der Waals surface area contributed by atoms with Gasteiger partial charge in [0, 0.05) is 0 Å². The van der Waals surface area contributed by atoms with E-state index in [1.807, 2.05) is 0 Å². The highest BCUT2D eigenvalue weighted by Crippen LogP contribution is 2.10. The summed E-state index contributed by atoms with van der Waals surface area (Å²) in [7, 11) is 0. The van der Waals surface area contributed by atoms with Crippen LogP contribution < -0.4 is 0 Å². The standard InChI is InChI=1S/C9HN5/c10-2-6-1-7(3-11)9(5-13)14-8(6)4-12/h1H. The minimum atomic E-state index is -0.136. The van der Waals surface area contributed by atoms with Crippen LogP contribution in [0, 0.1) is 45.3 Å². The Balaban J connectivity index is 3.60. The number of nitrogens with zero attached hydrogens (tertiary/aromatic N) is 5. The van der Waals surface area contributed by atoms with E-state index in [1.165, 1.54) is 6.07 Å². The number of aromatic nitrogens is 1. The Morgan fingerprint density at radius 3 is 1.50 bits per heavy atom. The number of hydrogen-bond acceptors (Lipinski definition) is 5. The van der Waals surface area contributed by atoms with Crippen molar-refractivity contribution in [2.24, 2.45) is 0 Å². The zero-order valence-corrected chi connectivity index (χ0v) is 6.81. The second kappa shape index (κ2) is 3.68. The van der Waals surface area contributed by atoms with Crippen LogP contribution in [-0.2, 0) is 0 Å². The fraction of sp³-hybridized carbons (Fsp3) is 0. The lowest BCUT2D eigenvalue weighted by Crippen LogP contribution is -1.96. The van der Waals surface area contributed by atoms with Gasteiger partial charge in [0.05, 0.1) is 11.1 Å². The predicted molar refractivity (Wildman–Crippen MR) is 43.1 cm³/mol. The van der Waals surface area contributed by atoms with E-state index >= 15 is 0 Å². The first-order valence-corrected chi connectivity index (χ1v) is 3.42. The number of nitriles is 4. The third kappa shape index (κ3) is 1.34. The van der Waals surface area contributed by atoms with E-state index in [0.717, 1.165) is 0 Å². The molecule has 0 bridgehead atoms. The molecule has 0 saturated carbocycles. The van der Waals surface area contributed by atoms with Gasteiger partial charge in [-0.05, 0) is 6.07 Å². The van der Waals surface area contributed by atoms with Gasteiger partial charge in [-0.2, -0.15) is 21.0 Å². The number of hydrogen-bond donors (Lipinski definition) is 0. The summed E-state index contributed by atoms with van der Waals surface area (Å²) >= 11 is 0. The monoisotopic (exact) mass is 179 g/mol. The molecule has 0 amide bonds. The molecule has 0 spiro atoms. The van der Waals surface area contributed by atoms with Gasteiger partial charge in [-0.1, -0.05) is 0 Å². The van der Waals surface area contributed by atoms with Crippen molar-refractivity contribution < 1.29 is 0 Å². The van der Waals surface area contributed by atoms with E-state index in [1.54, 1.807) is 24.3 Å². The molecule has 1 heterocycles. The van der Waals surface area contributed by atoms with Crippen molar-refractivity contribution in [3.63, 3.8) is 0 Å². The summed E-state index contributed by atoms with van der Waals surface area (Å²) in [5, 5.41) is 34.4. The molecule has 5 nitrogen and oxygen atoms in total. The average molecular weight is 179 g/mol. The van der Waals surface area contributed by atoms with E-state index in [9.17, 15) is 0 Å². The molecule has 0 aliphatic rings. The second-order valence-electron chi connectivity index (χ2n) is 2.23. The van der Waals surface area contributed by atoms with Crippen LogP contribution in [0.4, 0.5) is 0 Å². The SMILES string of the molecule is N#Cc1cc(C#N)c(C#N)nc1C#N. The van der Waals surface area contributed by atoms with Crippen molar-refractivity contribution in [1.29, 1.82) is 21.0 Å². The molecule has 0 N–H and O–H groups in total. The smallest absolute Gasteiger partial charge is 0.159 e. The fourth-order valence-corrected chi connectivity index (χ4v) is 0.854. The van der Waals surface area contributed by atoms with E-state index < -0.39 is 0 Å². The van der Waals surface area contributed by atoms with Gasteiger partial charge in [0.15, 0.2) is 11.4 Å². The van der Waals surface area contributed by atoms with Crippen LogP contribution in [0.2, 0.25) is 0 Å². The molecule has 0 aliphatic carbocycles. The van der Waals surface area contributed by atoms with Gasteiger partial charge in [0.2, 0.25) is 0 Å². The maximum atomic E-state index is 8.60. The minimum Gasteiger partial charge on any atom is -0.224 e. The number of rotatable bonds is 0. The van der Waals surface area contributed by atoms with Crippen LogP contribution in [0.15, 0.2) is 6.07 Å². The fourth-order valence-electron chi connectivity index (χ4n) is 0.854. The van der Waals surface area contributed by atoms with Crippen molar-refractivity contribution in [2.45, 2.75) is 0 Å². The first-order chi connectivity index (χ1) is 6.76. The van der Waals surface area contributed by atoms with Crippen molar-refractivity contribution in [3.05, 3.63) is 28.6 Å². The molecular weight excluding hydrogens is 178 g/mol. The zero-order chi connectivity index (χ0) is 10.6. The van der Waals surface area contributed by atoms with Crippen molar-refractivity contribution in [1.82, 2.24) is 4.98 Å². The highest BCUT2D eigenvalue weighted by Gasteiger charge is 2.10. The lowest BCUT2D eigenvalue weighted by Gasteiger charge is -1.95. The van der Waals surface area contributed by atoms with Gasteiger partial charge in [-0.3, -0.25) is 0 Å². The Hall–Kier alpha value is -2.89. The van der Waals surface area contributed by atoms with Crippen LogP contribution in [0.3, 0.4) is 0 Å². The van der Waals surface area contributed by atoms with Crippen LogP contribution in [0.25, 0.3) is 0 Å². The topological polar surface area (TPSA) is 108 Å². The first-order valence-electron chi connectivity index (χ1n) is 3.42. The Kier molecular flexibility index (Phi) is 2.42. The summed E-state index contributed by atoms with van der Waals surface area (Å²) < 4.78 is 0. The molecule has 0 aromatic carbocycles. The summed E-state index contributed by atoms with van der Waals surface area (Å²) in [5.74, 6) is 0. The van der Waals surface area contributed by atoms with Crippen molar-refractivity contribution in [2.75, 3.05) is 0 Å². The van der Waals surface area contributed by atoms with Gasteiger partial charge in [0.1, 0.15) is 24.3 Å². The highest BCUT2D eigenvalue weighted by atomic mass is 14.7. The maximum Gasteiger partial charge on any atom is 0.159 e. The number of pyridine rings is 1. The lowest BCUT2D eigenvalue weighted by molar-refractivity contribution is 1.18. The van der Waals surface area contributed by atoms with Gasteiger partial charge < -0.3 is 0 Å². The third-order valence-electron chi connectivity index (χ3n) is 1.48. The molecule has 1 aromatic rings. The molecule has 1 aromatic heterocycles. The van der Waals surface area contributed by atoms with Gasteiger partial charge >= 0.3 is 0 Å². The molecule has 1 rings (SSSR count). The lowest BCUT2D eigenvalue weighted by atomic mass is 10.1. The van der Waals surface area contributed by atoms with Crippen LogP contribution in [0.1, 0.15) is 22.5 Å². The van der Waals surface area contributed by atoms with Crippen molar-refractivity contribution >= 4 is 0 Å². The molecular formula is C9HN5. The highest BCUT2D eigenvalue weighted by molar-refractivity contribution is 5.51. The Bertz CT molecular complexity index is 447. The van der Waals surface area contributed by atoms with E-state index in [2.05, 4.69) is 4.98 Å². The quantitative estimate of drug-likeness (QED) is 0.578. The van der Waals surface area contributed by atoms with Gasteiger partial charge in [-0.25, -0.2) is 4.98 Å². The molecule has 0 radical (unpaired) electrons. The Labute approximate surface area is 79.7 Å². The summed E-state index contributed by atoms with van der Waals surface area (Å²) in [4.78, 5) is 3.58. The summed E-state index contributed by atoms with van der Waals surface area (Å²) in [5.41, 5.74) is -0.266. The summed E-state index contributed by atoms with van der Waals surface area (Å²) in [6.07, 6.45) is 0. The normalized spacial score (nSPS) is 7.71. The van der Waals surface area contributed by atoms with E-state index in [-0.39, 0.29) is 22.5 Å². The van der Waals surface area contributed by atoms with Crippen LogP contribution in [0.5, 0.6) is 0 Å². The molecule has 62 valence electrons. The predicted octanol–water partition coefficient (Wildman–Crippen LogP) is 0.568. The van der Waals surface area contributed by atoms with Gasteiger partial charge in [-0.15, -0.1) is 0 Å².